The van der Waals surface area contributed by atoms with Crippen LogP contribution in [0.3, 0.4) is 0 Å². The van der Waals surface area contributed by atoms with Gasteiger partial charge < -0.3 is 5.73 Å². The molecule has 2 N–H and O–H groups in total. The van der Waals surface area contributed by atoms with Crippen molar-refractivity contribution in [1.29, 1.82) is 0 Å². The molecule has 0 aliphatic carbocycles. The van der Waals surface area contributed by atoms with E-state index in [9.17, 15) is 0 Å². The Labute approximate surface area is 96.9 Å². The second-order valence-electron chi connectivity index (χ2n) is 3.89. The second-order valence-corrected chi connectivity index (χ2v) is 3.89. The summed E-state index contributed by atoms with van der Waals surface area (Å²) in [6.07, 6.45) is 5.11. The summed E-state index contributed by atoms with van der Waals surface area (Å²) in [5.74, 6) is 0. The average molecular weight is 229 g/mol. The predicted molar refractivity (Wildman–Crippen MR) is 62.1 cm³/mol. The molecule has 0 aliphatic rings. The van der Waals surface area contributed by atoms with Gasteiger partial charge in [0.15, 0.2) is 0 Å². The zero-order chi connectivity index (χ0) is 12.0. The smallest absolute Gasteiger partial charge is 0.133 e. The van der Waals surface area contributed by atoms with E-state index in [4.69, 9.17) is 5.73 Å². The van der Waals surface area contributed by atoms with Crippen LogP contribution in [0.15, 0.2) is 18.7 Å². The van der Waals surface area contributed by atoms with Crippen LogP contribution in [-0.4, -0.2) is 29.6 Å². The van der Waals surface area contributed by atoms with Crippen molar-refractivity contribution in [2.45, 2.75) is 6.92 Å². The van der Waals surface area contributed by atoms with Crippen molar-refractivity contribution in [1.82, 2.24) is 29.6 Å². The molecule has 0 aliphatic heterocycles. The third-order valence-corrected chi connectivity index (χ3v) is 2.71. The number of nitrogens with zero attached hydrogens (tertiary/aromatic N) is 6. The Kier molecular flexibility index (Phi) is 1.88. The minimum atomic E-state index is 0.665. The van der Waals surface area contributed by atoms with Crippen LogP contribution in [0.25, 0.3) is 16.9 Å². The topological polar surface area (TPSA) is 86.9 Å². The molecule has 0 saturated heterocycles. The lowest BCUT2D eigenvalue weighted by atomic mass is 10.1. The number of fused-ring (bicyclic) bond motifs is 1. The molecule has 17 heavy (non-hydrogen) atoms. The van der Waals surface area contributed by atoms with Crippen molar-refractivity contribution >= 4 is 11.2 Å². The van der Waals surface area contributed by atoms with Gasteiger partial charge in [0.25, 0.3) is 0 Å². The third-order valence-electron chi connectivity index (χ3n) is 2.71. The molecule has 0 fully saturated rings. The maximum absolute atomic E-state index is 6.05. The highest BCUT2D eigenvalue weighted by atomic mass is 15.4. The molecule has 0 atom stereocenters. The molecule has 3 heterocycles. The number of hydrogen-bond donors (Lipinski definition) is 1. The first-order valence-corrected chi connectivity index (χ1v) is 5.12. The summed E-state index contributed by atoms with van der Waals surface area (Å²) >= 11 is 0. The van der Waals surface area contributed by atoms with Crippen molar-refractivity contribution in [3.63, 3.8) is 0 Å². The molecule has 0 saturated carbocycles. The molecule has 0 bridgehead atoms. The molecule has 0 amide bonds. The van der Waals surface area contributed by atoms with E-state index < -0.39 is 0 Å². The third kappa shape index (κ3) is 1.36. The van der Waals surface area contributed by atoms with Crippen LogP contribution < -0.4 is 5.73 Å². The normalized spacial score (nSPS) is 11.2. The minimum Gasteiger partial charge on any atom is -0.397 e. The highest BCUT2D eigenvalue weighted by Gasteiger charge is 2.13. The first kappa shape index (κ1) is 9.76. The Balaban J connectivity index is 2.32. The van der Waals surface area contributed by atoms with Gasteiger partial charge in [-0.3, -0.25) is 4.68 Å². The van der Waals surface area contributed by atoms with Crippen LogP contribution in [-0.2, 0) is 7.05 Å². The van der Waals surface area contributed by atoms with Gasteiger partial charge in [-0.05, 0) is 6.92 Å². The van der Waals surface area contributed by atoms with E-state index in [1.165, 1.54) is 0 Å². The molecule has 0 unspecified atom stereocenters. The molecule has 3 aromatic rings. The Morgan fingerprint density at radius 2 is 2.18 bits per heavy atom. The molecule has 7 heteroatoms. The minimum absolute atomic E-state index is 0.665. The van der Waals surface area contributed by atoms with Gasteiger partial charge in [-0.1, -0.05) is 5.21 Å². The van der Waals surface area contributed by atoms with Crippen LogP contribution in [0.1, 0.15) is 5.56 Å². The average Bonchev–Trinajstić information content (AvgIpc) is 2.91. The van der Waals surface area contributed by atoms with Crippen molar-refractivity contribution in [2.24, 2.45) is 7.05 Å². The number of imidazole rings is 1. The number of nitrogen functional groups attached to an aromatic ring is 1. The van der Waals surface area contributed by atoms with E-state index >= 15 is 0 Å². The largest absolute Gasteiger partial charge is 0.397 e. The van der Waals surface area contributed by atoms with E-state index in [1.54, 1.807) is 27.9 Å². The van der Waals surface area contributed by atoms with Crippen LogP contribution in [0, 0.1) is 6.92 Å². The standard InChI is InChI=1S/C10H11N7/c1-6-9(11)8-3-12-5-17(8)14-10(6)7-4-16(2)15-13-7/h3-5H,11H2,1-2H3. The van der Waals surface area contributed by atoms with Gasteiger partial charge >= 0.3 is 0 Å². The fourth-order valence-corrected chi connectivity index (χ4v) is 1.76. The summed E-state index contributed by atoms with van der Waals surface area (Å²) in [5.41, 5.74) is 9.83. The van der Waals surface area contributed by atoms with Crippen LogP contribution in [0.5, 0.6) is 0 Å². The molecule has 0 radical (unpaired) electrons. The lowest BCUT2D eigenvalue weighted by Gasteiger charge is -2.06. The molecule has 3 aromatic heterocycles. The van der Waals surface area contributed by atoms with E-state index in [2.05, 4.69) is 20.4 Å². The Morgan fingerprint density at radius 1 is 1.35 bits per heavy atom. The first-order chi connectivity index (χ1) is 8.16. The lowest BCUT2D eigenvalue weighted by molar-refractivity contribution is 0.715. The van der Waals surface area contributed by atoms with Crippen LogP contribution >= 0.6 is 0 Å². The number of rotatable bonds is 1. The van der Waals surface area contributed by atoms with Crippen molar-refractivity contribution in [3.8, 4) is 11.4 Å². The monoisotopic (exact) mass is 229 g/mol. The summed E-state index contributed by atoms with van der Waals surface area (Å²) in [7, 11) is 1.81. The number of aromatic nitrogens is 6. The summed E-state index contributed by atoms with van der Waals surface area (Å²) in [6, 6.07) is 0. The maximum Gasteiger partial charge on any atom is 0.133 e. The highest BCUT2D eigenvalue weighted by molar-refractivity contribution is 5.77. The number of anilines is 1. The molecular weight excluding hydrogens is 218 g/mol. The van der Waals surface area contributed by atoms with Gasteiger partial charge in [0, 0.05) is 12.6 Å². The molecule has 0 spiro atoms. The van der Waals surface area contributed by atoms with Crippen molar-refractivity contribution < 1.29 is 0 Å². The first-order valence-electron chi connectivity index (χ1n) is 5.12. The van der Waals surface area contributed by atoms with E-state index in [0.29, 0.717) is 11.4 Å². The molecule has 7 nitrogen and oxygen atoms in total. The molecule has 0 aromatic carbocycles. The Hall–Kier alpha value is -2.44. The molecule has 3 rings (SSSR count). The van der Waals surface area contributed by atoms with Gasteiger partial charge in [-0.2, -0.15) is 5.10 Å². The van der Waals surface area contributed by atoms with E-state index in [1.807, 2.05) is 14.0 Å². The summed E-state index contributed by atoms with van der Waals surface area (Å²) < 4.78 is 3.27. The zero-order valence-electron chi connectivity index (χ0n) is 9.49. The number of nitrogens with two attached hydrogens (primary N) is 1. The summed E-state index contributed by atoms with van der Waals surface area (Å²) in [4.78, 5) is 4.02. The van der Waals surface area contributed by atoms with Gasteiger partial charge in [0.05, 0.1) is 18.1 Å². The Morgan fingerprint density at radius 3 is 2.88 bits per heavy atom. The van der Waals surface area contributed by atoms with E-state index in [-0.39, 0.29) is 0 Å². The summed E-state index contributed by atoms with van der Waals surface area (Å²) in [6.45, 7) is 1.92. The van der Waals surface area contributed by atoms with Crippen LogP contribution in [0.2, 0.25) is 0 Å². The van der Waals surface area contributed by atoms with E-state index in [0.717, 1.165) is 16.8 Å². The zero-order valence-corrected chi connectivity index (χ0v) is 9.49. The fraction of sp³-hybridized carbons (Fsp3) is 0.200. The van der Waals surface area contributed by atoms with Crippen molar-refractivity contribution in [3.05, 3.63) is 24.3 Å². The quantitative estimate of drug-likeness (QED) is 0.653. The van der Waals surface area contributed by atoms with Crippen LogP contribution in [0.4, 0.5) is 5.69 Å². The second kappa shape index (κ2) is 3.27. The van der Waals surface area contributed by atoms with Crippen molar-refractivity contribution in [2.75, 3.05) is 5.73 Å². The van der Waals surface area contributed by atoms with Gasteiger partial charge in [0.2, 0.25) is 0 Å². The fourth-order valence-electron chi connectivity index (χ4n) is 1.76. The van der Waals surface area contributed by atoms with Gasteiger partial charge in [0.1, 0.15) is 23.2 Å². The molecule has 86 valence electrons. The molecular formula is C10H11N7. The summed E-state index contributed by atoms with van der Waals surface area (Å²) in [5, 5.41) is 12.4. The van der Waals surface area contributed by atoms with Gasteiger partial charge in [-0.15, -0.1) is 5.10 Å². The van der Waals surface area contributed by atoms with Gasteiger partial charge in [-0.25, -0.2) is 9.50 Å². The lowest BCUT2D eigenvalue weighted by Crippen LogP contribution is -2.02. The predicted octanol–water partition coefficient (Wildman–Crippen LogP) is 0.415. The SMILES string of the molecule is Cc1c(-c2cn(C)nn2)nn2cncc2c1N. The highest BCUT2D eigenvalue weighted by Crippen LogP contribution is 2.25. The number of aryl methyl sites for hydroxylation is 1. The maximum atomic E-state index is 6.05. The number of hydrogen-bond acceptors (Lipinski definition) is 5. The Bertz CT molecular complexity index is 694.